The zero-order valence-electron chi connectivity index (χ0n) is 12.7. The number of ether oxygens (including phenoxy) is 1. The van der Waals surface area contributed by atoms with Gasteiger partial charge in [0.05, 0.1) is 7.11 Å². The molecular weight excluding hydrogens is 272 g/mol. The quantitative estimate of drug-likeness (QED) is 0.419. The van der Waals surface area contributed by atoms with Crippen molar-refractivity contribution < 1.29 is 14.6 Å². The summed E-state index contributed by atoms with van der Waals surface area (Å²) in [7, 11) is 1.39. The lowest BCUT2D eigenvalue weighted by Crippen LogP contribution is -2.27. The first-order valence-electron chi connectivity index (χ1n) is 7.75. The van der Waals surface area contributed by atoms with Crippen molar-refractivity contribution in [3.8, 4) is 0 Å². The molecule has 0 bridgehead atoms. The average molecular weight is 300 g/mol. The Bertz CT molecular complexity index is 328. The van der Waals surface area contributed by atoms with Crippen LogP contribution < -0.4 is 0 Å². The highest BCUT2D eigenvalue weighted by molar-refractivity contribution is 7.80. The molecule has 0 amide bonds. The lowest BCUT2D eigenvalue weighted by atomic mass is 9.84. The zero-order chi connectivity index (χ0) is 15.0. The van der Waals surface area contributed by atoms with E-state index in [1.807, 2.05) is 0 Å². The molecule has 4 heteroatoms. The predicted molar refractivity (Wildman–Crippen MR) is 85.1 cm³/mol. The summed E-state index contributed by atoms with van der Waals surface area (Å²) in [6.45, 7) is 2.20. The van der Waals surface area contributed by atoms with E-state index in [9.17, 15) is 9.90 Å². The summed E-state index contributed by atoms with van der Waals surface area (Å²) in [5.41, 5.74) is 0. The number of rotatable bonds is 7. The highest BCUT2D eigenvalue weighted by Crippen LogP contribution is 2.35. The second-order valence-corrected chi connectivity index (χ2v) is 6.45. The number of allylic oxidation sites excluding steroid dienone is 1. The third kappa shape index (κ3) is 5.39. The van der Waals surface area contributed by atoms with Gasteiger partial charge < -0.3 is 9.84 Å². The topological polar surface area (TPSA) is 46.5 Å². The number of carbonyl (C=O) groups is 1. The van der Waals surface area contributed by atoms with E-state index < -0.39 is 5.92 Å². The summed E-state index contributed by atoms with van der Waals surface area (Å²) in [5.74, 6) is -0.500. The van der Waals surface area contributed by atoms with Gasteiger partial charge in [-0.25, -0.2) is 0 Å². The average Bonchev–Trinajstić information content (AvgIpc) is 2.57. The Hall–Kier alpha value is -0.640. The molecule has 3 nitrogen and oxygen atoms in total. The number of aliphatic hydroxyl groups is 1. The third-order valence-corrected chi connectivity index (χ3v) is 4.52. The van der Waals surface area contributed by atoms with Gasteiger partial charge in [-0.05, 0) is 31.3 Å². The van der Waals surface area contributed by atoms with E-state index in [-0.39, 0.29) is 22.9 Å². The number of carbonyl (C=O) groups excluding carboxylic acids is 1. The fourth-order valence-electron chi connectivity index (χ4n) is 2.94. The maximum atomic E-state index is 11.9. The maximum absolute atomic E-state index is 11.9. The highest BCUT2D eigenvalue weighted by Gasteiger charge is 2.35. The Balaban J connectivity index is 2.61. The lowest BCUT2D eigenvalue weighted by molar-refractivity contribution is -0.147. The minimum atomic E-state index is -0.497. The van der Waals surface area contributed by atoms with Gasteiger partial charge in [-0.15, -0.1) is 0 Å². The smallest absolute Gasteiger partial charge is 0.316 e. The summed E-state index contributed by atoms with van der Waals surface area (Å²) < 4.78 is 4.86. The Morgan fingerprint density at radius 1 is 1.40 bits per heavy atom. The van der Waals surface area contributed by atoms with E-state index in [0.717, 1.165) is 25.7 Å². The molecule has 1 aliphatic rings. The van der Waals surface area contributed by atoms with Crippen LogP contribution in [0.4, 0.5) is 0 Å². The number of esters is 1. The number of aliphatic hydroxyl groups excluding tert-OH is 1. The number of methoxy groups -OCH3 is 1. The monoisotopic (exact) mass is 300 g/mol. The van der Waals surface area contributed by atoms with Crippen molar-refractivity contribution in [2.45, 2.75) is 63.5 Å². The molecule has 116 valence electrons. The van der Waals surface area contributed by atoms with Gasteiger partial charge in [-0.1, -0.05) is 39.0 Å². The summed E-state index contributed by atoms with van der Waals surface area (Å²) in [6, 6.07) is 0. The molecule has 0 aromatic heterocycles. The van der Waals surface area contributed by atoms with E-state index in [4.69, 9.17) is 4.74 Å². The van der Waals surface area contributed by atoms with Crippen molar-refractivity contribution in [2.75, 3.05) is 7.11 Å². The molecule has 3 atom stereocenters. The maximum Gasteiger partial charge on any atom is 0.316 e. The van der Waals surface area contributed by atoms with Crippen molar-refractivity contribution in [1.29, 1.82) is 0 Å². The first-order chi connectivity index (χ1) is 9.60. The van der Waals surface area contributed by atoms with Crippen LogP contribution in [0.15, 0.2) is 11.8 Å². The first-order valence-corrected chi connectivity index (χ1v) is 8.26. The van der Waals surface area contributed by atoms with Gasteiger partial charge >= 0.3 is 5.97 Å². The van der Waals surface area contributed by atoms with Crippen molar-refractivity contribution in [3.05, 3.63) is 11.8 Å². The number of hydrogen-bond donors (Lipinski definition) is 2. The molecule has 0 aromatic carbocycles. The predicted octanol–water partition coefficient (Wildman–Crippen LogP) is 4.29. The highest BCUT2D eigenvalue weighted by atomic mass is 32.1. The largest absolute Gasteiger partial charge is 0.512 e. The lowest BCUT2D eigenvalue weighted by Gasteiger charge is -2.24. The van der Waals surface area contributed by atoms with Gasteiger partial charge in [-0.2, -0.15) is 12.6 Å². The van der Waals surface area contributed by atoms with Crippen molar-refractivity contribution in [2.24, 2.45) is 11.8 Å². The SMILES string of the molecule is CCCCCCCC1CC(S)CC=C(O)C1C(=O)OC. The van der Waals surface area contributed by atoms with E-state index in [1.54, 1.807) is 6.08 Å². The van der Waals surface area contributed by atoms with Crippen LogP contribution in [0.5, 0.6) is 0 Å². The van der Waals surface area contributed by atoms with E-state index >= 15 is 0 Å². The van der Waals surface area contributed by atoms with Gasteiger partial charge in [0.2, 0.25) is 0 Å². The van der Waals surface area contributed by atoms with Gasteiger partial charge in [0.15, 0.2) is 0 Å². The molecule has 0 saturated carbocycles. The molecule has 3 unspecified atom stereocenters. The molecule has 0 aromatic rings. The van der Waals surface area contributed by atoms with Crippen LogP contribution >= 0.6 is 12.6 Å². The Labute approximate surface area is 128 Å². The molecule has 20 heavy (non-hydrogen) atoms. The molecule has 0 heterocycles. The summed E-state index contributed by atoms with van der Waals surface area (Å²) in [6.07, 6.45) is 10.3. The van der Waals surface area contributed by atoms with Crippen LogP contribution in [0.3, 0.4) is 0 Å². The van der Waals surface area contributed by atoms with Crippen LogP contribution in [0.25, 0.3) is 0 Å². The molecule has 1 N–H and O–H groups in total. The number of thiol groups is 1. The van der Waals surface area contributed by atoms with Crippen molar-refractivity contribution >= 4 is 18.6 Å². The van der Waals surface area contributed by atoms with E-state index in [0.29, 0.717) is 0 Å². The zero-order valence-corrected chi connectivity index (χ0v) is 13.6. The molecule has 1 rings (SSSR count). The fraction of sp³-hybridized carbons (Fsp3) is 0.812. The molecule has 0 fully saturated rings. The fourth-order valence-corrected chi connectivity index (χ4v) is 3.32. The van der Waals surface area contributed by atoms with Crippen LogP contribution in [0.1, 0.15) is 58.3 Å². The van der Waals surface area contributed by atoms with Crippen LogP contribution in [-0.4, -0.2) is 23.4 Å². The minimum absolute atomic E-state index is 0.144. The molecule has 0 saturated heterocycles. The van der Waals surface area contributed by atoms with Gasteiger partial charge in [0.1, 0.15) is 11.7 Å². The molecule has 0 aliphatic heterocycles. The minimum Gasteiger partial charge on any atom is -0.512 e. The van der Waals surface area contributed by atoms with Crippen molar-refractivity contribution in [1.82, 2.24) is 0 Å². The summed E-state index contributed by atoms with van der Waals surface area (Å²) >= 11 is 4.54. The molecule has 0 spiro atoms. The van der Waals surface area contributed by atoms with Gasteiger partial charge in [0, 0.05) is 5.25 Å². The van der Waals surface area contributed by atoms with Gasteiger partial charge in [-0.3, -0.25) is 4.79 Å². The molecule has 1 aliphatic carbocycles. The van der Waals surface area contributed by atoms with E-state index in [2.05, 4.69) is 19.6 Å². The van der Waals surface area contributed by atoms with Crippen molar-refractivity contribution in [3.63, 3.8) is 0 Å². The number of hydrogen-bond acceptors (Lipinski definition) is 4. The number of unbranched alkanes of at least 4 members (excludes halogenated alkanes) is 4. The Morgan fingerprint density at radius 2 is 2.10 bits per heavy atom. The normalized spacial score (nSPS) is 26.8. The van der Waals surface area contributed by atoms with Crippen LogP contribution in [0.2, 0.25) is 0 Å². The van der Waals surface area contributed by atoms with E-state index in [1.165, 1.54) is 32.8 Å². The van der Waals surface area contributed by atoms with Crippen LogP contribution in [0, 0.1) is 11.8 Å². The van der Waals surface area contributed by atoms with Gasteiger partial charge in [0.25, 0.3) is 0 Å². The second-order valence-electron chi connectivity index (χ2n) is 5.72. The molecule has 0 radical (unpaired) electrons. The Kier molecular flexibility index (Phi) is 8.12. The summed E-state index contributed by atoms with van der Waals surface area (Å²) in [4.78, 5) is 11.9. The third-order valence-electron chi connectivity index (χ3n) is 4.10. The summed E-state index contributed by atoms with van der Waals surface area (Å²) in [5, 5.41) is 10.3. The standard InChI is InChI=1S/C16H28O3S/c1-3-4-5-6-7-8-12-11-13(20)9-10-14(17)15(12)16(18)19-2/h10,12-13,15,17,20H,3-9,11H2,1-2H3. The first kappa shape index (κ1) is 17.4. The Morgan fingerprint density at radius 3 is 2.75 bits per heavy atom. The molecular formula is C16H28O3S. The van der Waals surface area contributed by atoms with Crippen LogP contribution in [-0.2, 0) is 9.53 Å². The second kappa shape index (κ2) is 9.32.